The minimum absolute atomic E-state index is 1.14. The standard InChI is InChI=1S/C4H10N2.C3H3NO/c1-2-6-4-3-5-1;1-2-5-3-4-1/h5-6H,1-4H2;1-3H. The molecule has 0 aromatic carbocycles. The van der Waals surface area contributed by atoms with E-state index in [0.29, 0.717) is 0 Å². The fourth-order valence-corrected chi connectivity index (χ4v) is 0.779. The van der Waals surface area contributed by atoms with Crippen LogP contribution in [0.15, 0.2) is 23.3 Å². The molecule has 0 aliphatic carbocycles. The van der Waals surface area contributed by atoms with Crippen molar-refractivity contribution in [1.29, 1.82) is 0 Å². The van der Waals surface area contributed by atoms with Crippen molar-refractivity contribution >= 4 is 0 Å². The summed E-state index contributed by atoms with van der Waals surface area (Å²) >= 11 is 0. The zero-order chi connectivity index (χ0) is 7.78. The molecule has 0 saturated carbocycles. The molecule has 0 spiro atoms. The number of hydrogen-bond donors (Lipinski definition) is 2. The Balaban J connectivity index is 0.000000112. The Morgan fingerprint density at radius 2 is 1.73 bits per heavy atom. The van der Waals surface area contributed by atoms with Crippen molar-refractivity contribution in [3.8, 4) is 0 Å². The second-order valence-corrected chi connectivity index (χ2v) is 2.18. The predicted octanol–water partition coefficient (Wildman–Crippen LogP) is -0.146. The molecule has 2 N–H and O–H groups in total. The summed E-state index contributed by atoms with van der Waals surface area (Å²) in [6.07, 6.45) is 4.47. The average Bonchev–Trinajstić information content (AvgIpc) is 2.64. The summed E-state index contributed by atoms with van der Waals surface area (Å²) in [6.45, 7) is 4.56. The number of oxazole rings is 1. The van der Waals surface area contributed by atoms with E-state index < -0.39 is 0 Å². The van der Waals surface area contributed by atoms with Gasteiger partial charge in [-0.15, -0.1) is 0 Å². The molecular weight excluding hydrogens is 142 g/mol. The average molecular weight is 155 g/mol. The van der Waals surface area contributed by atoms with Crippen LogP contribution in [0.4, 0.5) is 0 Å². The molecule has 62 valence electrons. The van der Waals surface area contributed by atoms with Crippen molar-refractivity contribution in [3.05, 3.63) is 18.9 Å². The third kappa shape index (κ3) is 4.52. The maximum atomic E-state index is 4.47. The van der Waals surface area contributed by atoms with Crippen molar-refractivity contribution in [2.45, 2.75) is 0 Å². The Labute approximate surface area is 66.0 Å². The van der Waals surface area contributed by atoms with Gasteiger partial charge in [0.2, 0.25) is 0 Å². The van der Waals surface area contributed by atoms with E-state index in [1.165, 1.54) is 12.7 Å². The Hall–Kier alpha value is -0.870. The molecule has 1 fully saturated rings. The fourth-order valence-electron chi connectivity index (χ4n) is 0.779. The molecule has 1 aliphatic heterocycles. The van der Waals surface area contributed by atoms with Crippen LogP contribution >= 0.6 is 0 Å². The topological polar surface area (TPSA) is 50.1 Å². The van der Waals surface area contributed by atoms with Gasteiger partial charge in [0.25, 0.3) is 0 Å². The van der Waals surface area contributed by atoms with Crippen LogP contribution in [0, 0.1) is 0 Å². The molecule has 0 atom stereocenters. The summed E-state index contributed by atoms with van der Waals surface area (Å²) in [7, 11) is 0. The second kappa shape index (κ2) is 5.88. The minimum Gasteiger partial charge on any atom is -0.452 e. The maximum Gasteiger partial charge on any atom is 0.180 e. The molecular formula is C7H13N3O. The SMILES string of the molecule is C1CNCCN1.c1cocn1. The molecule has 2 rings (SSSR count). The maximum absolute atomic E-state index is 4.47. The van der Waals surface area contributed by atoms with Gasteiger partial charge in [-0.05, 0) is 0 Å². The van der Waals surface area contributed by atoms with Crippen molar-refractivity contribution in [2.24, 2.45) is 0 Å². The van der Waals surface area contributed by atoms with Gasteiger partial charge in [0.05, 0.1) is 6.20 Å². The number of aromatic nitrogens is 1. The molecule has 1 saturated heterocycles. The van der Waals surface area contributed by atoms with E-state index in [0.717, 1.165) is 26.2 Å². The van der Waals surface area contributed by atoms with Gasteiger partial charge in [-0.25, -0.2) is 4.98 Å². The van der Waals surface area contributed by atoms with E-state index in [1.54, 1.807) is 6.20 Å². The van der Waals surface area contributed by atoms with Gasteiger partial charge >= 0.3 is 0 Å². The first-order valence-electron chi connectivity index (χ1n) is 3.74. The summed E-state index contributed by atoms with van der Waals surface area (Å²) < 4.78 is 4.47. The van der Waals surface area contributed by atoms with Gasteiger partial charge in [-0.1, -0.05) is 0 Å². The molecule has 0 radical (unpaired) electrons. The highest BCUT2D eigenvalue weighted by Gasteiger charge is 1.91. The molecule has 11 heavy (non-hydrogen) atoms. The van der Waals surface area contributed by atoms with Gasteiger partial charge in [0.15, 0.2) is 6.39 Å². The summed E-state index contributed by atoms with van der Waals surface area (Å²) in [4.78, 5) is 3.56. The Kier molecular flexibility index (Phi) is 4.40. The predicted molar refractivity (Wildman–Crippen MR) is 42.2 cm³/mol. The number of nitrogens with one attached hydrogen (secondary N) is 2. The number of rotatable bonds is 0. The van der Waals surface area contributed by atoms with Gasteiger partial charge in [0.1, 0.15) is 6.26 Å². The van der Waals surface area contributed by atoms with Crippen LogP contribution in [0.25, 0.3) is 0 Å². The smallest absolute Gasteiger partial charge is 0.180 e. The fraction of sp³-hybridized carbons (Fsp3) is 0.571. The molecule has 0 amide bonds. The Morgan fingerprint density at radius 3 is 1.91 bits per heavy atom. The van der Waals surface area contributed by atoms with Crippen LogP contribution in [-0.2, 0) is 0 Å². The lowest BCUT2D eigenvalue weighted by atomic mass is 10.4. The van der Waals surface area contributed by atoms with Crippen LogP contribution in [-0.4, -0.2) is 31.2 Å². The van der Waals surface area contributed by atoms with Crippen LogP contribution in [0.3, 0.4) is 0 Å². The third-order valence-corrected chi connectivity index (χ3v) is 1.30. The Morgan fingerprint density at radius 1 is 1.09 bits per heavy atom. The van der Waals surface area contributed by atoms with Gasteiger partial charge in [-0.2, -0.15) is 0 Å². The first-order valence-corrected chi connectivity index (χ1v) is 3.74. The second-order valence-electron chi connectivity index (χ2n) is 2.18. The van der Waals surface area contributed by atoms with Crippen molar-refractivity contribution in [3.63, 3.8) is 0 Å². The lowest BCUT2D eigenvalue weighted by Gasteiger charge is -2.11. The monoisotopic (exact) mass is 155 g/mol. The van der Waals surface area contributed by atoms with Crippen molar-refractivity contribution < 1.29 is 4.42 Å². The molecule has 2 heterocycles. The van der Waals surface area contributed by atoms with Crippen LogP contribution in [0.2, 0.25) is 0 Å². The number of nitrogens with zero attached hydrogens (tertiary/aromatic N) is 1. The highest BCUT2D eigenvalue weighted by Crippen LogP contribution is 1.72. The molecule has 1 aromatic rings. The molecule has 4 nitrogen and oxygen atoms in total. The molecule has 0 bridgehead atoms. The lowest BCUT2D eigenvalue weighted by molar-refractivity contribution is 0.534. The van der Waals surface area contributed by atoms with E-state index in [2.05, 4.69) is 20.0 Å². The van der Waals surface area contributed by atoms with Crippen LogP contribution < -0.4 is 10.6 Å². The first-order chi connectivity index (χ1) is 5.50. The number of hydrogen-bond acceptors (Lipinski definition) is 4. The van der Waals surface area contributed by atoms with Crippen LogP contribution in [0.1, 0.15) is 0 Å². The summed E-state index contributed by atoms with van der Waals surface area (Å²) in [6, 6.07) is 0. The quantitative estimate of drug-likeness (QED) is 0.547. The normalized spacial score (nSPS) is 16.7. The van der Waals surface area contributed by atoms with Gasteiger partial charge in [-0.3, -0.25) is 0 Å². The number of piperazine rings is 1. The first kappa shape index (κ1) is 8.23. The van der Waals surface area contributed by atoms with Crippen molar-refractivity contribution in [1.82, 2.24) is 15.6 Å². The van der Waals surface area contributed by atoms with E-state index >= 15 is 0 Å². The van der Waals surface area contributed by atoms with E-state index in [1.807, 2.05) is 0 Å². The largest absolute Gasteiger partial charge is 0.452 e. The zero-order valence-corrected chi connectivity index (χ0v) is 6.42. The van der Waals surface area contributed by atoms with Gasteiger partial charge in [0, 0.05) is 26.2 Å². The summed E-state index contributed by atoms with van der Waals surface area (Å²) in [5.74, 6) is 0. The highest BCUT2D eigenvalue weighted by molar-refractivity contribution is 4.59. The van der Waals surface area contributed by atoms with Gasteiger partial charge < -0.3 is 15.1 Å². The van der Waals surface area contributed by atoms with Crippen molar-refractivity contribution in [2.75, 3.05) is 26.2 Å². The van der Waals surface area contributed by atoms with Crippen LogP contribution in [0.5, 0.6) is 0 Å². The minimum atomic E-state index is 1.14. The highest BCUT2D eigenvalue weighted by atomic mass is 16.3. The van der Waals surface area contributed by atoms with E-state index in [-0.39, 0.29) is 0 Å². The zero-order valence-electron chi connectivity index (χ0n) is 6.42. The third-order valence-electron chi connectivity index (χ3n) is 1.30. The van der Waals surface area contributed by atoms with E-state index in [4.69, 9.17) is 0 Å². The Bertz CT molecular complexity index is 120. The summed E-state index contributed by atoms with van der Waals surface area (Å²) in [5.41, 5.74) is 0. The van der Waals surface area contributed by atoms with E-state index in [9.17, 15) is 0 Å². The summed E-state index contributed by atoms with van der Waals surface area (Å²) in [5, 5.41) is 6.44. The molecule has 0 unspecified atom stereocenters. The lowest BCUT2D eigenvalue weighted by Crippen LogP contribution is -2.39. The molecule has 4 heteroatoms. The molecule has 1 aliphatic rings. The molecule has 1 aromatic heterocycles.